The van der Waals surface area contributed by atoms with Crippen LogP contribution in [0.3, 0.4) is 0 Å². The minimum atomic E-state index is -0.0733. The fourth-order valence-electron chi connectivity index (χ4n) is 4.64. The van der Waals surface area contributed by atoms with Crippen LogP contribution in [0.5, 0.6) is 0 Å². The van der Waals surface area contributed by atoms with Gasteiger partial charge in [0.05, 0.1) is 18.6 Å². The van der Waals surface area contributed by atoms with Crippen LogP contribution >= 0.6 is 0 Å². The number of carbonyl (C=O) groups is 2. The lowest BCUT2D eigenvalue weighted by molar-refractivity contribution is -0.145. The lowest BCUT2D eigenvalue weighted by Gasteiger charge is -2.32. The Hall–Kier alpha value is -3.39. The molecule has 2 amide bonds. The van der Waals surface area contributed by atoms with Crippen LogP contribution in [0.25, 0.3) is 10.9 Å². The number of nitrogens with one attached hydrogen (secondary N) is 1. The number of hydrazine groups is 1. The molecule has 2 heterocycles. The summed E-state index contributed by atoms with van der Waals surface area (Å²) in [7, 11) is 3.71. The fourth-order valence-corrected chi connectivity index (χ4v) is 4.64. The number of hydrogen-bond donors (Lipinski definition) is 1. The molecule has 4 rings (SSSR count). The SMILES string of the molecule is CCCCCNC(=O)CN(CC(=O)N(C)N1Cc2ccccc2C1)c1cc2cn(C)nc2cc1C. The molecule has 35 heavy (non-hydrogen) atoms. The third-order valence-electron chi connectivity index (χ3n) is 6.65. The Morgan fingerprint density at radius 2 is 1.80 bits per heavy atom. The van der Waals surface area contributed by atoms with Gasteiger partial charge in [-0.1, -0.05) is 44.0 Å². The van der Waals surface area contributed by atoms with Gasteiger partial charge in [0.2, 0.25) is 5.91 Å². The van der Waals surface area contributed by atoms with E-state index in [1.807, 2.05) is 61.4 Å². The molecule has 0 saturated carbocycles. The fraction of sp³-hybridized carbons (Fsp3) is 0.444. The Labute approximate surface area is 207 Å². The minimum absolute atomic E-state index is 0.0535. The van der Waals surface area contributed by atoms with Crippen LogP contribution in [0.4, 0.5) is 5.69 Å². The van der Waals surface area contributed by atoms with Crippen molar-refractivity contribution in [2.45, 2.75) is 46.2 Å². The van der Waals surface area contributed by atoms with E-state index >= 15 is 0 Å². The molecule has 0 atom stereocenters. The summed E-state index contributed by atoms with van der Waals surface area (Å²) in [6.45, 7) is 6.44. The average molecular weight is 477 g/mol. The normalized spacial score (nSPS) is 13.1. The molecule has 0 aliphatic carbocycles. The van der Waals surface area contributed by atoms with Crippen molar-refractivity contribution >= 4 is 28.4 Å². The first kappa shape index (κ1) is 24.7. The molecule has 0 bridgehead atoms. The second-order valence-electron chi connectivity index (χ2n) is 9.42. The van der Waals surface area contributed by atoms with Crippen LogP contribution in [0.1, 0.15) is 42.9 Å². The van der Waals surface area contributed by atoms with Gasteiger partial charge < -0.3 is 10.2 Å². The smallest absolute Gasteiger partial charge is 0.256 e. The van der Waals surface area contributed by atoms with Gasteiger partial charge >= 0.3 is 0 Å². The van der Waals surface area contributed by atoms with Gasteiger partial charge in [-0.15, -0.1) is 0 Å². The van der Waals surface area contributed by atoms with Gasteiger partial charge in [0, 0.05) is 51.0 Å². The number of amides is 2. The summed E-state index contributed by atoms with van der Waals surface area (Å²) in [5, 5.41) is 12.2. The number of aromatic nitrogens is 2. The van der Waals surface area contributed by atoms with Gasteiger partial charge in [-0.3, -0.25) is 19.3 Å². The molecular weight excluding hydrogens is 440 g/mol. The Bertz CT molecular complexity index is 1180. The second kappa shape index (κ2) is 10.9. The Balaban J connectivity index is 1.51. The summed E-state index contributed by atoms with van der Waals surface area (Å²) in [6.07, 6.45) is 5.10. The number of rotatable bonds is 10. The molecule has 0 fully saturated rings. The zero-order chi connectivity index (χ0) is 24.9. The maximum atomic E-state index is 13.4. The van der Waals surface area contributed by atoms with E-state index in [1.54, 1.807) is 9.69 Å². The molecule has 0 radical (unpaired) electrons. The molecule has 0 unspecified atom stereocenters. The summed E-state index contributed by atoms with van der Waals surface area (Å²) in [5.41, 5.74) is 5.25. The number of anilines is 1. The number of likely N-dealkylation sites (N-methyl/N-ethyl adjacent to an activating group) is 1. The Morgan fingerprint density at radius 1 is 1.09 bits per heavy atom. The zero-order valence-electron chi connectivity index (χ0n) is 21.3. The summed E-state index contributed by atoms with van der Waals surface area (Å²) >= 11 is 0. The van der Waals surface area contributed by atoms with Gasteiger partial charge in [-0.2, -0.15) is 5.10 Å². The number of aryl methyl sites for hydroxylation is 2. The van der Waals surface area contributed by atoms with E-state index in [-0.39, 0.29) is 24.9 Å². The first-order valence-electron chi connectivity index (χ1n) is 12.4. The third-order valence-corrected chi connectivity index (χ3v) is 6.65. The van der Waals surface area contributed by atoms with Crippen LogP contribution in [-0.2, 0) is 29.7 Å². The summed E-state index contributed by atoms with van der Waals surface area (Å²) < 4.78 is 1.78. The highest BCUT2D eigenvalue weighted by Gasteiger charge is 2.27. The monoisotopic (exact) mass is 476 g/mol. The number of hydrogen-bond acceptors (Lipinski definition) is 5. The number of benzene rings is 2. The molecule has 8 heteroatoms. The Kier molecular flexibility index (Phi) is 7.70. The van der Waals surface area contributed by atoms with Crippen molar-refractivity contribution < 1.29 is 9.59 Å². The largest absolute Gasteiger partial charge is 0.355 e. The van der Waals surface area contributed by atoms with Gasteiger partial charge in [-0.05, 0) is 42.2 Å². The van der Waals surface area contributed by atoms with E-state index in [2.05, 4.69) is 29.5 Å². The molecule has 1 aromatic heterocycles. The molecule has 186 valence electrons. The highest BCUT2D eigenvalue weighted by atomic mass is 16.2. The lowest BCUT2D eigenvalue weighted by atomic mass is 10.1. The van der Waals surface area contributed by atoms with Crippen molar-refractivity contribution in [2.24, 2.45) is 7.05 Å². The lowest BCUT2D eigenvalue weighted by Crippen LogP contribution is -2.48. The van der Waals surface area contributed by atoms with E-state index in [4.69, 9.17) is 0 Å². The van der Waals surface area contributed by atoms with Crippen molar-refractivity contribution in [3.8, 4) is 0 Å². The summed E-state index contributed by atoms with van der Waals surface area (Å²) in [6, 6.07) is 12.3. The molecule has 3 aromatic rings. The quantitative estimate of drug-likeness (QED) is 0.454. The van der Waals surface area contributed by atoms with Crippen LogP contribution < -0.4 is 10.2 Å². The van der Waals surface area contributed by atoms with E-state index in [0.717, 1.165) is 41.4 Å². The first-order valence-corrected chi connectivity index (χ1v) is 12.4. The molecule has 0 spiro atoms. The Morgan fingerprint density at radius 3 is 2.49 bits per heavy atom. The maximum absolute atomic E-state index is 13.4. The molecule has 8 nitrogen and oxygen atoms in total. The highest BCUT2D eigenvalue weighted by molar-refractivity contribution is 5.90. The molecule has 1 aliphatic rings. The molecule has 1 N–H and O–H groups in total. The molecule has 2 aromatic carbocycles. The van der Waals surface area contributed by atoms with Crippen molar-refractivity contribution in [3.63, 3.8) is 0 Å². The highest BCUT2D eigenvalue weighted by Crippen LogP contribution is 2.27. The minimum Gasteiger partial charge on any atom is -0.355 e. The predicted octanol–water partition coefficient (Wildman–Crippen LogP) is 3.38. The van der Waals surface area contributed by atoms with Crippen LogP contribution in [0.2, 0.25) is 0 Å². The summed E-state index contributed by atoms with van der Waals surface area (Å²) in [5.74, 6) is -0.127. The number of nitrogens with zero attached hydrogens (tertiary/aromatic N) is 5. The molecule has 1 aliphatic heterocycles. The summed E-state index contributed by atoms with van der Waals surface area (Å²) in [4.78, 5) is 28.1. The van der Waals surface area contributed by atoms with Crippen molar-refractivity contribution in [1.82, 2.24) is 25.1 Å². The van der Waals surface area contributed by atoms with Crippen LogP contribution in [-0.4, -0.2) is 58.3 Å². The molecule has 0 saturated heterocycles. The van der Waals surface area contributed by atoms with E-state index in [1.165, 1.54) is 11.1 Å². The third kappa shape index (κ3) is 5.82. The van der Waals surface area contributed by atoms with Gasteiger partial charge in [0.25, 0.3) is 5.91 Å². The topological polar surface area (TPSA) is 73.7 Å². The zero-order valence-corrected chi connectivity index (χ0v) is 21.3. The first-order chi connectivity index (χ1) is 16.9. The van der Waals surface area contributed by atoms with Gasteiger partial charge in [0.15, 0.2) is 0 Å². The van der Waals surface area contributed by atoms with E-state index in [9.17, 15) is 9.59 Å². The van der Waals surface area contributed by atoms with Gasteiger partial charge in [0.1, 0.15) is 0 Å². The van der Waals surface area contributed by atoms with Crippen molar-refractivity contribution in [1.29, 1.82) is 0 Å². The van der Waals surface area contributed by atoms with Gasteiger partial charge in [-0.25, -0.2) is 5.01 Å². The van der Waals surface area contributed by atoms with Crippen LogP contribution in [0, 0.1) is 6.92 Å². The average Bonchev–Trinajstić information content (AvgIpc) is 3.42. The maximum Gasteiger partial charge on any atom is 0.256 e. The van der Waals surface area contributed by atoms with E-state index < -0.39 is 0 Å². The molecular formula is C27H36N6O2. The van der Waals surface area contributed by atoms with Crippen molar-refractivity contribution in [3.05, 3.63) is 59.3 Å². The standard InChI is InChI=1S/C27H36N6O2/c1-5-6-9-12-28-26(34)18-32(25-14-23-15-30(3)29-24(23)13-20(25)2)19-27(35)31(4)33-16-21-10-7-8-11-22(21)17-33/h7-8,10-11,13-15H,5-6,9,12,16-19H2,1-4H3,(H,28,34). The van der Waals surface area contributed by atoms with Crippen LogP contribution in [0.15, 0.2) is 42.6 Å². The second-order valence-corrected chi connectivity index (χ2v) is 9.42. The van der Waals surface area contributed by atoms with E-state index in [0.29, 0.717) is 19.6 Å². The number of carbonyl (C=O) groups excluding carboxylic acids is 2. The van der Waals surface area contributed by atoms with Crippen molar-refractivity contribution in [2.75, 3.05) is 31.6 Å². The number of fused-ring (bicyclic) bond motifs is 2. The number of unbranched alkanes of at least 4 members (excludes halogenated alkanes) is 2. The predicted molar refractivity (Wildman–Crippen MR) is 139 cm³/mol.